The summed E-state index contributed by atoms with van der Waals surface area (Å²) in [5, 5.41) is 9.01. The summed E-state index contributed by atoms with van der Waals surface area (Å²) in [5.74, 6) is -0.915. The van der Waals surface area contributed by atoms with E-state index in [1.807, 2.05) is 37.3 Å². The molecule has 2 rings (SSSR count). The fourth-order valence-corrected chi connectivity index (χ4v) is 3.05. The number of hydrogen-bond acceptors (Lipinski definition) is 2. The van der Waals surface area contributed by atoms with E-state index in [0.29, 0.717) is 5.56 Å². The van der Waals surface area contributed by atoms with E-state index in [1.54, 1.807) is 23.9 Å². The Kier molecular flexibility index (Phi) is 4.09. The van der Waals surface area contributed by atoms with Crippen LogP contribution in [0.15, 0.2) is 56.7 Å². The second kappa shape index (κ2) is 5.59. The van der Waals surface area contributed by atoms with Gasteiger partial charge in [-0.2, -0.15) is 0 Å². The molecule has 0 saturated heterocycles. The molecule has 2 aromatic rings. The number of halogens is 1. The summed E-state index contributed by atoms with van der Waals surface area (Å²) in [5.41, 5.74) is 1.50. The minimum Gasteiger partial charge on any atom is -0.478 e. The van der Waals surface area contributed by atoms with E-state index >= 15 is 0 Å². The van der Waals surface area contributed by atoms with Gasteiger partial charge in [0.1, 0.15) is 0 Å². The first-order chi connectivity index (χ1) is 8.54. The molecule has 0 aliphatic carbocycles. The highest BCUT2D eigenvalue weighted by atomic mass is 79.9. The van der Waals surface area contributed by atoms with Gasteiger partial charge < -0.3 is 5.11 Å². The lowest BCUT2D eigenvalue weighted by atomic mass is 10.2. The molecule has 0 aromatic heterocycles. The zero-order valence-electron chi connectivity index (χ0n) is 9.68. The van der Waals surface area contributed by atoms with Crippen LogP contribution in [0.2, 0.25) is 0 Å². The molecule has 0 heterocycles. The van der Waals surface area contributed by atoms with Gasteiger partial charge in [-0.1, -0.05) is 45.4 Å². The molecule has 0 amide bonds. The molecule has 0 spiro atoms. The van der Waals surface area contributed by atoms with Gasteiger partial charge in [0.15, 0.2) is 0 Å². The van der Waals surface area contributed by atoms with Gasteiger partial charge in [-0.05, 0) is 37.3 Å². The van der Waals surface area contributed by atoms with Crippen molar-refractivity contribution in [2.75, 3.05) is 0 Å². The van der Waals surface area contributed by atoms with Gasteiger partial charge in [-0.3, -0.25) is 0 Å². The first-order valence-electron chi connectivity index (χ1n) is 5.33. The van der Waals surface area contributed by atoms with E-state index in [0.717, 1.165) is 14.3 Å². The molecule has 92 valence electrons. The van der Waals surface area contributed by atoms with Gasteiger partial charge in [0.25, 0.3) is 0 Å². The zero-order valence-corrected chi connectivity index (χ0v) is 12.1. The molecule has 0 fully saturated rings. The molecule has 0 atom stereocenters. The maximum Gasteiger partial charge on any atom is 0.335 e. The minimum atomic E-state index is -0.915. The molecule has 0 aliphatic rings. The molecule has 4 heteroatoms. The van der Waals surface area contributed by atoms with E-state index < -0.39 is 5.97 Å². The van der Waals surface area contributed by atoms with Crippen LogP contribution in [0.1, 0.15) is 15.9 Å². The van der Waals surface area contributed by atoms with Gasteiger partial charge in [-0.15, -0.1) is 0 Å². The fraction of sp³-hybridized carbons (Fsp3) is 0.0714. The molecule has 0 aliphatic heterocycles. The van der Waals surface area contributed by atoms with Crippen molar-refractivity contribution in [2.45, 2.75) is 16.7 Å². The largest absolute Gasteiger partial charge is 0.478 e. The number of benzene rings is 2. The average molecular weight is 323 g/mol. The number of carboxylic acid groups (broad SMARTS) is 1. The third-order valence-corrected chi connectivity index (χ3v) is 3.81. The lowest BCUT2D eigenvalue weighted by molar-refractivity contribution is 0.0696. The fourth-order valence-electron chi connectivity index (χ4n) is 1.49. The van der Waals surface area contributed by atoms with Crippen molar-refractivity contribution in [3.05, 3.63) is 58.1 Å². The topological polar surface area (TPSA) is 37.3 Å². The highest BCUT2D eigenvalue weighted by Gasteiger charge is 2.07. The predicted octanol–water partition coefficient (Wildman–Crippen LogP) is 4.61. The lowest BCUT2D eigenvalue weighted by Gasteiger charge is -2.04. The van der Waals surface area contributed by atoms with Crippen LogP contribution >= 0.6 is 27.7 Å². The number of hydrogen-bond donors (Lipinski definition) is 1. The Morgan fingerprint density at radius 2 is 1.78 bits per heavy atom. The normalized spacial score (nSPS) is 10.3. The maximum atomic E-state index is 11.0. The number of aromatic carboxylic acids is 1. The van der Waals surface area contributed by atoms with Crippen molar-refractivity contribution in [3.8, 4) is 0 Å². The number of carboxylic acids is 1. The Hall–Kier alpha value is -1.26. The van der Waals surface area contributed by atoms with Crippen molar-refractivity contribution in [3.63, 3.8) is 0 Å². The molecule has 0 bridgehead atoms. The summed E-state index contributed by atoms with van der Waals surface area (Å²) in [6.45, 7) is 2.04. The monoisotopic (exact) mass is 322 g/mol. The maximum absolute atomic E-state index is 11.0. The van der Waals surface area contributed by atoms with E-state index in [4.69, 9.17) is 5.11 Å². The predicted molar refractivity (Wildman–Crippen MR) is 76.4 cm³/mol. The summed E-state index contributed by atoms with van der Waals surface area (Å²) >= 11 is 4.88. The second-order valence-electron chi connectivity index (χ2n) is 3.90. The van der Waals surface area contributed by atoms with Gasteiger partial charge in [0.2, 0.25) is 0 Å². The highest BCUT2D eigenvalue weighted by Crippen LogP contribution is 2.30. The second-order valence-corrected chi connectivity index (χ2v) is 5.96. The van der Waals surface area contributed by atoms with E-state index in [1.165, 1.54) is 5.56 Å². The van der Waals surface area contributed by atoms with Crippen molar-refractivity contribution in [2.24, 2.45) is 0 Å². The van der Waals surface area contributed by atoms with Crippen molar-refractivity contribution >= 4 is 33.7 Å². The summed E-state index contributed by atoms with van der Waals surface area (Å²) in [7, 11) is 0. The van der Waals surface area contributed by atoms with Gasteiger partial charge >= 0.3 is 5.97 Å². The van der Waals surface area contributed by atoms with Gasteiger partial charge in [-0.25, -0.2) is 4.79 Å². The number of aryl methyl sites for hydroxylation is 1. The molecule has 2 aromatic carbocycles. The van der Waals surface area contributed by atoms with Crippen molar-refractivity contribution in [1.82, 2.24) is 0 Å². The quantitative estimate of drug-likeness (QED) is 0.896. The Labute approximate surface area is 118 Å². The van der Waals surface area contributed by atoms with Crippen LogP contribution in [-0.4, -0.2) is 11.1 Å². The van der Waals surface area contributed by atoms with Crippen LogP contribution < -0.4 is 0 Å². The summed E-state index contributed by atoms with van der Waals surface area (Å²) in [4.78, 5) is 13.0. The van der Waals surface area contributed by atoms with Crippen molar-refractivity contribution < 1.29 is 9.90 Å². The number of rotatable bonds is 3. The van der Waals surface area contributed by atoms with E-state index in [2.05, 4.69) is 15.9 Å². The Balaban J connectivity index is 2.28. The Morgan fingerprint density at radius 3 is 2.39 bits per heavy atom. The molecule has 2 nitrogen and oxygen atoms in total. The third-order valence-electron chi connectivity index (χ3n) is 2.37. The van der Waals surface area contributed by atoms with Crippen LogP contribution in [0.4, 0.5) is 0 Å². The zero-order chi connectivity index (χ0) is 13.1. The smallest absolute Gasteiger partial charge is 0.335 e. The van der Waals surface area contributed by atoms with E-state index in [-0.39, 0.29) is 0 Å². The third kappa shape index (κ3) is 3.37. The highest BCUT2D eigenvalue weighted by molar-refractivity contribution is 9.10. The minimum absolute atomic E-state index is 0.291. The summed E-state index contributed by atoms with van der Waals surface area (Å²) < 4.78 is 0.775. The van der Waals surface area contributed by atoms with Crippen LogP contribution in [0.3, 0.4) is 0 Å². The van der Waals surface area contributed by atoms with Crippen molar-refractivity contribution in [1.29, 1.82) is 0 Å². The Morgan fingerprint density at radius 1 is 1.11 bits per heavy atom. The van der Waals surface area contributed by atoms with Crippen LogP contribution in [-0.2, 0) is 0 Å². The molecule has 1 N–H and O–H groups in total. The molecule has 0 saturated carbocycles. The molecule has 0 unspecified atom stereocenters. The molecule has 18 heavy (non-hydrogen) atoms. The van der Waals surface area contributed by atoms with E-state index in [9.17, 15) is 4.79 Å². The van der Waals surface area contributed by atoms with Gasteiger partial charge in [0, 0.05) is 14.3 Å². The SMILES string of the molecule is Cc1ccc(Sc2cc(Br)cc(C(=O)O)c2)cc1. The molecule has 0 radical (unpaired) electrons. The summed E-state index contributed by atoms with van der Waals surface area (Å²) in [6, 6.07) is 13.3. The first kappa shape index (κ1) is 13.2. The summed E-state index contributed by atoms with van der Waals surface area (Å²) in [6.07, 6.45) is 0. The van der Waals surface area contributed by atoms with Gasteiger partial charge in [0.05, 0.1) is 5.56 Å². The van der Waals surface area contributed by atoms with Crippen LogP contribution in [0.25, 0.3) is 0 Å². The van der Waals surface area contributed by atoms with Crippen LogP contribution in [0.5, 0.6) is 0 Å². The standard InChI is InChI=1S/C14H11BrO2S/c1-9-2-4-12(5-3-9)18-13-7-10(14(16)17)6-11(15)8-13/h2-8H,1H3,(H,16,17). The molecular weight excluding hydrogens is 312 g/mol. The first-order valence-corrected chi connectivity index (χ1v) is 6.94. The molecular formula is C14H11BrO2S. The lowest BCUT2D eigenvalue weighted by Crippen LogP contribution is -1.96. The Bertz CT molecular complexity index is 579. The average Bonchev–Trinajstić information content (AvgIpc) is 2.31. The number of carbonyl (C=O) groups is 1. The van der Waals surface area contributed by atoms with Crippen LogP contribution in [0, 0.1) is 6.92 Å².